The van der Waals surface area contributed by atoms with Gasteiger partial charge in [0, 0.05) is 19.0 Å². The molecule has 1 amide bonds. The molecule has 0 unspecified atom stereocenters. The number of amides is 1. The van der Waals surface area contributed by atoms with Crippen LogP contribution in [0.1, 0.15) is 31.4 Å². The summed E-state index contributed by atoms with van der Waals surface area (Å²) in [5, 5.41) is 2.84. The largest absolute Gasteiger partial charge is 0.486 e. The van der Waals surface area contributed by atoms with Crippen LogP contribution in [0.15, 0.2) is 42.5 Å². The van der Waals surface area contributed by atoms with Gasteiger partial charge in [-0.05, 0) is 43.2 Å². The highest BCUT2D eigenvalue weighted by Gasteiger charge is 2.21. The van der Waals surface area contributed by atoms with Crippen molar-refractivity contribution in [3.63, 3.8) is 0 Å². The smallest absolute Gasteiger partial charge is 0.232 e. The molecule has 0 saturated carbocycles. The van der Waals surface area contributed by atoms with Gasteiger partial charge in [-0.3, -0.25) is 9.10 Å². The lowest BCUT2D eigenvalue weighted by molar-refractivity contribution is -0.121. The van der Waals surface area contributed by atoms with Crippen molar-refractivity contribution in [1.29, 1.82) is 0 Å². The third-order valence-electron chi connectivity index (χ3n) is 4.73. The average Bonchev–Trinajstić information content (AvgIpc) is 2.70. The molecule has 1 heterocycles. The molecule has 1 aliphatic heterocycles. The van der Waals surface area contributed by atoms with Gasteiger partial charge in [-0.15, -0.1) is 0 Å². The maximum atomic E-state index is 13.0. The number of carbonyl (C=O) groups excluding carboxylic acids is 1. The van der Waals surface area contributed by atoms with E-state index in [0.29, 0.717) is 36.8 Å². The van der Waals surface area contributed by atoms with E-state index in [1.165, 1.54) is 16.4 Å². The number of anilines is 1. The number of carbonyl (C=O) groups is 1. The van der Waals surface area contributed by atoms with Gasteiger partial charge >= 0.3 is 0 Å². The normalized spacial score (nSPS) is 14.1. The predicted octanol–water partition coefficient (Wildman–Crippen LogP) is 3.02. The molecule has 0 bridgehead atoms. The number of nitrogens with one attached hydrogen (secondary N) is 1. The quantitative estimate of drug-likeness (QED) is 0.688. The number of nitrogens with zero attached hydrogens (tertiary/aromatic N) is 1. The Balaban J connectivity index is 1.59. The molecule has 162 valence electrons. The summed E-state index contributed by atoms with van der Waals surface area (Å²) in [5.74, 6) is 0.533. The lowest BCUT2D eigenvalue weighted by atomic mass is 10.1. The molecule has 0 fully saturated rings. The molecule has 0 aromatic heterocycles. The molecule has 0 radical (unpaired) electrons. The fourth-order valence-corrected chi connectivity index (χ4v) is 4.16. The van der Waals surface area contributed by atoms with Crippen molar-refractivity contribution >= 4 is 21.6 Å². The maximum Gasteiger partial charge on any atom is 0.232 e. The first kappa shape index (κ1) is 21.9. The monoisotopic (exact) mass is 436 g/mol. The predicted molar refractivity (Wildman–Crippen MR) is 112 cm³/mol. The molecule has 2 aromatic rings. The minimum Gasteiger partial charge on any atom is -0.486 e. The Kier molecular flexibility index (Phi) is 6.81. The Morgan fingerprint density at radius 2 is 1.80 bits per heavy atom. The lowest BCUT2D eigenvalue weighted by Crippen LogP contribution is -2.32. The van der Waals surface area contributed by atoms with Crippen LogP contribution < -0.4 is 19.1 Å². The molecule has 0 spiro atoms. The highest BCUT2D eigenvalue weighted by molar-refractivity contribution is 7.92. The number of hydrogen-bond donors (Lipinski definition) is 1. The Morgan fingerprint density at radius 3 is 2.47 bits per heavy atom. The van der Waals surface area contributed by atoms with Crippen LogP contribution in [0.25, 0.3) is 0 Å². The van der Waals surface area contributed by atoms with Crippen molar-refractivity contribution < 1.29 is 27.1 Å². The number of hydrogen-bond acceptors (Lipinski definition) is 5. The molecule has 30 heavy (non-hydrogen) atoms. The molecule has 1 atom stereocenters. The van der Waals surface area contributed by atoms with Crippen molar-refractivity contribution in [3.8, 4) is 11.5 Å². The fourth-order valence-electron chi connectivity index (χ4n) is 3.21. The van der Waals surface area contributed by atoms with E-state index in [1.807, 2.05) is 6.92 Å². The first-order valence-electron chi connectivity index (χ1n) is 9.66. The van der Waals surface area contributed by atoms with Crippen LogP contribution in [0, 0.1) is 5.82 Å². The number of ether oxygens (including phenoxy) is 2. The van der Waals surface area contributed by atoms with Crippen LogP contribution in [-0.4, -0.2) is 40.3 Å². The zero-order valence-corrected chi connectivity index (χ0v) is 17.7. The van der Waals surface area contributed by atoms with Gasteiger partial charge in [0.15, 0.2) is 11.5 Å². The van der Waals surface area contributed by atoms with Crippen LogP contribution >= 0.6 is 0 Å². The van der Waals surface area contributed by atoms with E-state index in [0.717, 1.165) is 11.8 Å². The van der Waals surface area contributed by atoms with Crippen molar-refractivity contribution in [2.75, 3.05) is 30.3 Å². The van der Waals surface area contributed by atoms with Gasteiger partial charge < -0.3 is 14.8 Å². The van der Waals surface area contributed by atoms with Crippen molar-refractivity contribution in [2.24, 2.45) is 0 Å². The van der Waals surface area contributed by atoms with Gasteiger partial charge in [0.2, 0.25) is 15.9 Å². The Labute approximate surface area is 175 Å². The minimum absolute atomic E-state index is 0.150. The number of halogens is 1. The SMILES string of the molecule is C[C@@H](NC(=O)CCCN(c1ccc2c(c1)OCCO2)S(C)(=O)=O)c1ccc(F)cc1. The average molecular weight is 437 g/mol. The molecule has 3 rings (SSSR count). The molecule has 9 heteroatoms. The molecular formula is C21H25FN2O5S. The molecule has 1 aliphatic rings. The van der Waals surface area contributed by atoms with E-state index in [1.54, 1.807) is 30.3 Å². The van der Waals surface area contributed by atoms with Gasteiger partial charge in [0.25, 0.3) is 0 Å². The Morgan fingerprint density at radius 1 is 1.13 bits per heavy atom. The Bertz CT molecular complexity index is 995. The molecule has 0 saturated heterocycles. The van der Waals surface area contributed by atoms with Gasteiger partial charge in [0.1, 0.15) is 19.0 Å². The number of benzene rings is 2. The molecule has 7 nitrogen and oxygen atoms in total. The maximum absolute atomic E-state index is 13.0. The van der Waals surface area contributed by atoms with Crippen molar-refractivity contribution in [2.45, 2.75) is 25.8 Å². The first-order valence-corrected chi connectivity index (χ1v) is 11.5. The molecule has 1 N–H and O–H groups in total. The second-order valence-electron chi connectivity index (χ2n) is 7.11. The molecular weight excluding hydrogens is 411 g/mol. The third kappa shape index (κ3) is 5.63. The van der Waals surface area contributed by atoms with Crippen LogP contribution in [0.4, 0.5) is 10.1 Å². The Hall–Kier alpha value is -2.81. The van der Waals surface area contributed by atoms with Crippen LogP contribution in [0.3, 0.4) is 0 Å². The van der Waals surface area contributed by atoms with Gasteiger partial charge in [-0.25, -0.2) is 12.8 Å². The van der Waals surface area contributed by atoms with Crippen LogP contribution in [0.5, 0.6) is 11.5 Å². The number of rotatable bonds is 8. The third-order valence-corrected chi connectivity index (χ3v) is 5.92. The van der Waals surface area contributed by atoms with E-state index in [-0.39, 0.29) is 30.7 Å². The highest BCUT2D eigenvalue weighted by Crippen LogP contribution is 2.34. The van der Waals surface area contributed by atoms with E-state index in [9.17, 15) is 17.6 Å². The van der Waals surface area contributed by atoms with Crippen molar-refractivity contribution in [3.05, 3.63) is 53.8 Å². The second kappa shape index (κ2) is 9.34. The fraction of sp³-hybridized carbons (Fsp3) is 0.381. The summed E-state index contributed by atoms with van der Waals surface area (Å²) in [6.45, 7) is 2.81. The zero-order chi connectivity index (χ0) is 21.7. The number of fused-ring (bicyclic) bond motifs is 1. The van der Waals surface area contributed by atoms with Crippen LogP contribution in [0.2, 0.25) is 0 Å². The summed E-state index contributed by atoms with van der Waals surface area (Å²) in [5.41, 5.74) is 1.25. The van der Waals surface area contributed by atoms with E-state index < -0.39 is 10.0 Å². The van der Waals surface area contributed by atoms with E-state index in [4.69, 9.17) is 9.47 Å². The summed E-state index contributed by atoms with van der Waals surface area (Å²) in [6, 6.07) is 10.6. The molecule has 2 aromatic carbocycles. The van der Waals surface area contributed by atoms with Gasteiger partial charge in [-0.1, -0.05) is 12.1 Å². The topological polar surface area (TPSA) is 84.9 Å². The standard InChI is InChI=1S/C21H25FN2O5S/c1-15(16-5-7-17(22)8-6-16)23-21(25)4-3-11-24(30(2,26)27)18-9-10-19-20(14-18)29-13-12-28-19/h5-10,14-15H,3-4,11-13H2,1-2H3,(H,23,25)/t15-/m1/s1. The summed E-state index contributed by atoms with van der Waals surface area (Å²) < 4.78 is 49.9. The van der Waals surface area contributed by atoms with E-state index >= 15 is 0 Å². The van der Waals surface area contributed by atoms with E-state index in [2.05, 4.69) is 5.32 Å². The van der Waals surface area contributed by atoms with Gasteiger partial charge in [-0.2, -0.15) is 0 Å². The highest BCUT2D eigenvalue weighted by atomic mass is 32.2. The number of sulfonamides is 1. The summed E-state index contributed by atoms with van der Waals surface area (Å²) in [6.07, 6.45) is 1.62. The lowest BCUT2D eigenvalue weighted by Gasteiger charge is -2.25. The van der Waals surface area contributed by atoms with Gasteiger partial charge in [0.05, 0.1) is 18.0 Å². The second-order valence-corrected chi connectivity index (χ2v) is 9.01. The zero-order valence-electron chi connectivity index (χ0n) is 16.9. The van der Waals surface area contributed by atoms with Crippen LogP contribution in [-0.2, 0) is 14.8 Å². The first-order chi connectivity index (χ1) is 14.2. The summed E-state index contributed by atoms with van der Waals surface area (Å²) in [4.78, 5) is 12.3. The summed E-state index contributed by atoms with van der Waals surface area (Å²) >= 11 is 0. The summed E-state index contributed by atoms with van der Waals surface area (Å²) in [7, 11) is -3.54. The minimum atomic E-state index is -3.54. The molecule has 0 aliphatic carbocycles. The van der Waals surface area contributed by atoms with Crippen molar-refractivity contribution in [1.82, 2.24) is 5.32 Å².